The van der Waals surface area contributed by atoms with E-state index in [0.29, 0.717) is 33.8 Å². The number of carbonyl (C=O) groups is 3. The van der Waals surface area contributed by atoms with Crippen LogP contribution in [0.2, 0.25) is 0 Å². The predicted octanol–water partition coefficient (Wildman–Crippen LogP) is 5.11. The average molecular weight is 433 g/mol. The summed E-state index contributed by atoms with van der Waals surface area (Å²) in [7, 11) is 0. The molecule has 1 aliphatic heterocycles. The van der Waals surface area contributed by atoms with Crippen molar-refractivity contribution in [3.63, 3.8) is 0 Å². The number of carbonyl (C=O) groups excluding carboxylic acids is 3. The summed E-state index contributed by atoms with van der Waals surface area (Å²) >= 11 is 0. The van der Waals surface area contributed by atoms with Crippen LogP contribution >= 0.6 is 0 Å². The molecule has 0 bridgehead atoms. The number of aryl methyl sites for hydroxylation is 1. The van der Waals surface area contributed by atoms with Crippen LogP contribution in [-0.4, -0.2) is 22.7 Å². The van der Waals surface area contributed by atoms with Gasteiger partial charge in [0.05, 0.1) is 33.8 Å². The van der Waals surface area contributed by atoms with Gasteiger partial charge in [-0.25, -0.2) is 4.90 Å². The van der Waals surface area contributed by atoms with Gasteiger partial charge in [-0.1, -0.05) is 48.5 Å². The van der Waals surface area contributed by atoms with Crippen LogP contribution in [0.25, 0.3) is 11.3 Å². The maximum Gasteiger partial charge on any atom is 0.266 e. The first-order chi connectivity index (χ1) is 16.0. The van der Waals surface area contributed by atoms with E-state index < -0.39 is 0 Å². The highest BCUT2D eigenvalue weighted by atomic mass is 16.2. The lowest BCUT2D eigenvalue weighted by atomic mass is 10.1. The Balaban J connectivity index is 1.38. The van der Waals surface area contributed by atoms with Crippen molar-refractivity contribution in [2.75, 3.05) is 10.2 Å². The standard InChI is InChI=1S/C27H19N3O3/c1-17-21(14-15-24(28-17)18-8-3-2-4-9-18)25(31)29-19-10-7-11-20(16-19)30-26(32)22-12-5-6-13-23(22)27(30)33/h2-16H,1H3,(H,29,31). The molecule has 33 heavy (non-hydrogen) atoms. The molecule has 0 fully saturated rings. The zero-order valence-corrected chi connectivity index (χ0v) is 17.8. The molecule has 0 atom stereocenters. The second-order valence-electron chi connectivity index (χ2n) is 7.69. The first-order valence-electron chi connectivity index (χ1n) is 10.5. The Kier molecular flexibility index (Phi) is 5.03. The van der Waals surface area contributed by atoms with Gasteiger partial charge in [0, 0.05) is 11.3 Å². The van der Waals surface area contributed by atoms with Gasteiger partial charge in [0.25, 0.3) is 17.7 Å². The van der Waals surface area contributed by atoms with Gasteiger partial charge in [-0.05, 0) is 49.4 Å². The fraction of sp³-hybridized carbons (Fsp3) is 0.0370. The molecule has 0 aliphatic carbocycles. The fourth-order valence-corrected chi connectivity index (χ4v) is 3.92. The minimum Gasteiger partial charge on any atom is -0.322 e. The molecule has 1 N–H and O–H groups in total. The number of hydrogen-bond acceptors (Lipinski definition) is 4. The Bertz CT molecular complexity index is 1380. The molecule has 6 nitrogen and oxygen atoms in total. The van der Waals surface area contributed by atoms with Gasteiger partial charge in [0.1, 0.15) is 0 Å². The van der Waals surface area contributed by atoms with Crippen LogP contribution in [0.1, 0.15) is 36.8 Å². The Labute approximate surface area is 190 Å². The fourth-order valence-electron chi connectivity index (χ4n) is 3.92. The summed E-state index contributed by atoms with van der Waals surface area (Å²) in [6.07, 6.45) is 0. The second kappa shape index (κ2) is 8.16. The zero-order valence-electron chi connectivity index (χ0n) is 17.8. The molecule has 0 saturated carbocycles. The predicted molar refractivity (Wildman–Crippen MR) is 126 cm³/mol. The van der Waals surface area contributed by atoms with Gasteiger partial charge in [0.2, 0.25) is 0 Å². The van der Waals surface area contributed by atoms with E-state index in [0.717, 1.165) is 16.2 Å². The van der Waals surface area contributed by atoms with Crippen molar-refractivity contribution in [2.45, 2.75) is 6.92 Å². The number of nitrogens with one attached hydrogen (secondary N) is 1. The Hall–Kier alpha value is -4.58. The van der Waals surface area contributed by atoms with Crippen molar-refractivity contribution in [1.82, 2.24) is 4.98 Å². The number of benzene rings is 3. The number of fused-ring (bicyclic) bond motifs is 1. The summed E-state index contributed by atoms with van der Waals surface area (Å²) < 4.78 is 0. The molecule has 160 valence electrons. The molecule has 2 heterocycles. The van der Waals surface area contributed by atoms with Crippen molar-refractivity contribution in [2.24, 2.45) is 0 Å². The Morgan fingerprint density at radius 1 is 0.788 bits per heavy atom. The normalized spacial score (nSPS) is 12.6. The van der Waals surface area contributed by atoms with E-state index in [9.17, 15) is 14.4 Å². The number of rotatable bonds is 4. The third kappa shape index (κ3) is 3.68. The highest BCUT2D eigenvalue weighted by Crippen LogP contribution is 2.30. The lowest BCUT2D eigenvalue weighted by Crippen LogP contribution is -2.29. The molecule has 4 aromatic rings. The summed E-state index contributed by atoms with van der Waals surface area (Å²) in [5, 5.41) is 2.84. The first-order valence-corrected chi connectivity index (χ1v) is 10.5. The van der Waals surface area contributed by atoms with E-state index in [1.165, 1.54) is 0 Å². The SMILES string of the molecule is Cc1nc(-c2ccccc2)ccc1C(=O)Nc1cccc(N2C(=O)c3ccccc3C2=O)c1. The molecule has 0 spiro atoms. The topological polar surface area (TPSA) is 79.4 Å². The number of hydrogen-bond donors (Lipinski definition) is 1. The summed E-state index contributed by atoms with van der Waals surface area (Å²) in [5.41, 5.74) is 4.42. The molecule has 0 radical (unpaired) electrons. The highest BCUT2D eigenvalue weighted by Gasteiger charge is 2.36. The molecule has 0 unspecified atom stereocenters. The van der Waals surface area contributed by atoms with Gasteiger partial charge in [0.15, 0.2) is 0 Å². The van der Waals surface area contributed by atoms with Crippen molar-refractivity contribution < 1.29 is 14.4 Å². The van der Waals surface area contributed by atoms with Crippen LogP contribution in [0.5, 0.6) is 0 Å². The van der Waals surface area contributed by atoms with E-state index in [1.807, 2.05) is 36.4 Å². The molecule has 3 amide bonds. The second-order valence-corrected chi connectivity index (χ2v) is 7.69. The number of anilines is 2. The number of nitrogens with zero attached hydrogens (tertiary/aromatic N) is 2. The molecule has 0 saturated heterocycles. The monoisotopic (exact) mass is 433 g/mol. The molecule has 1 aromatic heterocycles. The maximum absolute atomic E-state index is 12.9. The minimum absolute atomic E-state index is 0.320. The summed E-state index contributed by atoms with van der Waals surface area (Å²) in [6.45, 7) is 1.79. The van der Waals surface area contributed by atoms with Gasteiger partial charge >= 0.3 is 0 Å². The van der Waals surface area contributed by atoms with Crippen molar-refractivity contribution in [3.05, 3.63) is 113 Å². The molecular formula is C27H19N3O3. The number of aromatic nitrogens is 1. The number of pyridine rings is 1. The average Bonchev–Trinajstić information content (AvgIpc) is 3.10. The molecule has 5 rings (SSSR count). The first kappa shape index (κ1) is 20.3. The van der Waals surface area contributed by atoms with Gasteiger partial charge < -0.3 is 5.32 Å². The third-order valence-electron chi connectivity index (χ3n) is 5.56. The van der Waals surface area contributed by atoms with Crippen LogP contribution in [0.4, 0.5) is 11.4 Å². The third-order valence-corrected chi connectivity index (χ3v) is 5.56. The van der Waals surface area contributed by atoms with Crippen LogP contribution < -0.4 is 10.2 Å². The van der Waals surface area contributed by atoms with Crippen LogP contribution in [0, 0.1) is 6.92 Å². The highest BCUT2D eigenvalue weighted by molar-refractivity contribution is 6.34. The summed E-state index contributed by atoms with van der Waals surface area (Å²) in [6, 6.07) is 26.7. The Morgan fingerprint density at radius 3 is 2.12 bits per heavy atom. The molecule has 3 aromatic carbocycles. The smallest absolute Gasteiger partial charge is 0.266 e. The number of imide groups is 1. The van der Waals surface area contributed by atoms with Crippen molar-refractivity contribution >= 4 is 29.1 Å². The van der Waals surface area contributed by atoms with Gasteiger partial charge in [-0.2, -0.15) is 0 Å². The lowest BCUT2D eigenvalue weighted by Gasteiger charge is -2.15. The molecule has 1 aliphatic rings. The van der Waals surface area contributed by atoms with Gasteiger partial charge in [-0.3, -0.25) is 19.4 Å². The van der Waals surface area contributed by atoms with E-state index in [-0.39, 0.29) is 17.7 Å². The maximum atomic E-state index is 12.9. The van der Waals surface area contributed by atoms with E-state index in [1.54, 1.807) is 61.5 Å². The minimum atomic E-state index is -0.379. The Morgan fingerprint density at radius 2 is 1.45 bits per heavy atom. The van der Waals surface area contributed by atoms with Gasteiger partial charge in [-0.15, -0.1) is 0 Å². The lowest BCUT2D eigenvalue weighted by molar-refractivity contribution is 0.0925. The summed E-state index contributed by atoms with van der Waals surface area (Å²) in [4.78, 5) is 44.2. The van der Waals surface area contributed by atoms with Crippen molar-refractivity contribution in [1.29, 1.82) is 0 Å². The van der Waals surface area contributed by atoms with E-state index >= 15 is 0 Å². The summed E-state index contributed by atoms with van der Waals surface area (Å²) in [5.74, 6) is -1.08. The molecule has 6 heteroatoms. The quantitative estimate of drug-likeness (QED) is 0.454. The zero-order chi connectivity index (χ0) is 22.9. The van der Waals surface area contributed by atoms with Crippen LogP contribution in [0.15, 0.2) is 91.0 Å². The van der Waals surface area contributed by atoms with Crippen LogP contribution in [-0.2, 0) is 0 Å². The number of amides is 3. The van der Waals surface area contributed by atoms with E-state index in [2.05, 4.69) is 10.3 Å². The largest absolute Gasteiger partial charge is 0.322 e. The van der Waals surface area contributed by atoms with Crippen LogP contribution in [0.3, 0.4) is 0 Å². The van der Waals surface area contributed by atoms with E-state index in [4.69, 9.17) is 0 Å². The van der Waals surface area contributed by atoms with Crippen molar-refractivity contribution in [3.8, 4) is 11.3 Å². The molecular weight excluding hydrogens is 414 g/mol.